The number of nitro groups is 1. The van der Waals surface area contributed by atoms with Crippen LogP contribution in [0.3, 0.4) is 0 Å². The van der Waals surface area contributed by atoms with E-state index in [9.17, 15) is 14.9 Å². The van der Waals surface area contributed by atoms with E-state index < -0.39 is 16.9 Å². The van der Waals surface area contributed by atoms with Crippen LogP contribution in [-0.2, 0) is 4.79 Å². The van der Waals surface area contributed by atoms with Crippen molar-refractivity contribution < 1.29 is 14.5 Å². The Kier molecular flexibility index (Phi) is 4.27. The number of hydrogen-bond acceptors (Lipinski definition) is 6. The topological polar surface area (TPSA) is 94.2 Å². The van der Waals surface area contributed by atoms with Gasteiger partial charge < -0.3 is 4.74 Å². The molecule has 1 unspecified atom stereocenters. The minimum atomic E-state index is -1.64. The Hall–Kier alpha value is -2.31. The van der Waals surface area contributed by atoms with E-state index in [0.29, 0.717) is 11.4 Å². The van der Waals surface area contributed by atoms with E-state index in [0.717, 1.165) is 6.92 Å². The minimum absolute atomic E-state index is 0.416. The van der Waals surface area contributed by atoms with E-state index in [4.69, 9.17) is 4.74 Å². The Morgan fingerprint density at radius 1 is 1.41 bits per heavy atom. The van der Waals surface area contributed by atoms with Gasteiger partial charge in [-0.2, -0.15) is 0 Å². The highest BCUT2D eigenvalue weighted by atomic mass is 16.6. The second-order valence-electron chi connectivity index (χ2n) is 3.18. The van der Waals surface area contributed by atoms with Gasteiger partial charge in [0.1, 0.15) is 5.75 Å². The average molecular weight is 237 g/mol. The highest BCUT2D eigenvalue weighted by Crippen LogP contribution is 2.18. The maximum absolute atomic E-state index is 10.9. The molecule has 90 valence electrons. The summed E-state index contributed by atoms with van der Waals surface area (Å²) in [6.45, 7) is 1.10. The Bertz CT molecular complexity index is 427. The Labute approximate surface area is 97.3 Å². The van der Waals surface area contributed by atoms with Crippen LogP contribution in [0.2, 0.25) is 0 Å². The number of hydrogen-bond donors (Lipinski definition) is 0. The van der Waals surface area contributed by atoms with E-state index in [1.807, 2.05) is 0 Å². The van der Waals surface area contributed by atoms with Crippen molar-refractivity contribution in [1.29, 1.82) is 0 Å². The molecule has 0 aromatic heterocycles. The molecule has 0 saturated heterocycles. The zero-order valence-electron chi connectivity index (χ0n) is 9.36. The summed E-state index contributed by atoms with van der Waals surface area (Å²) in [4.78, 5) is 20.6. The van der Waals surface area contributed by atoms with Crippen molar-refractivity contribution in [2.75, 3.05) is 7.11 Å². The molecule has 0 aliphatic rings. The van der Waals surface area contributed by atoms with Crippen LogP contribution in [0.5, 0.6) is 5.75 Å². The van der Waals surface area contributed by atoms with Gasteiger partial charge in [-0.1, -0.05) is 0 Å². The normalized spacial score (nSPS) is 12.4. The summed E-state index contributed by atoms with van der Waals surface area (Å²) in [7, 11) is 1.52. The number of Topliss-reactive ketones (excluding diaryl/α,β-unsaturated/α-hetero) is 1. The highest BCUT2D eigenvalue weighted by molar-refractivity contribution is 5.79. The van der Waals surface area contributed by atoms with Crippen LogP contribution in [-0.4, -0.2) is 24.0 Å². The predicted octanol–water partition coefficient (Wildman–Crippen LogP) is 1.97. The van der Waals surface area contributed by atoms with Gasteiger partial charge in [0, 0.05) is 6.92 Å². The fourth-order valence-electron chi connectivity index (χ4n) is 1.04. The molecule has 0 aliphatic carbocycles. The molecule has 0 N–H and O–H groups in total. The van der Waals surface area contributed by atoms with E-state index in [-0.39, 0.29) is 0 Å². The lowest BCUT2D eigenvalue weighted by molar-refractivity contribution is -0.506. The van der Waals surface area contributed by atoms with Gasteiger partial charge in [-0.05, 0) is 24.3 Å². The summed E-state index contributed by atoms with van der Waals surface area (Å²) >= 11 is 0. The van der Waals surface area contributed by atoms with Crippen molar-refractivity contribution in [2.45, 2.75) is 13.1 Å². The molecule has 17 heavy (non-hydrogen) atoms. The number of nitrogens with zero attached hydrogens (tertiary/aromatic N) is 3. The average Bonchev–Trinajstić information content (AvgIpc) is 2.29. The van der Waals surface area contributed by atoms with Gasteiger partial charge in [-0.15, -0.1) is 10.2 Å². The number of azo groups is 1. The molecule has 0 aliphatic heterocycles. The molecule has 7 heteroatoms. The molecule has 0 spiro atoms. The first-order valence-corrected chi connectivity index (χ1v) is 4.73. The lowest BCUT2D eigenvalue weighted by Crippen LogP contribution is -2.24. The predicted molar refractivity (Wildman–Crippen MR) is 59.0 cm³/mol. The van der Waals surface area contributed by atoms with Gasteiger partial charge in [0.2, 0.25) is 5.78 Å². The van der Waals surface area contributed by atoms with Gasteiger partial charge in [0.25, 0.3) is 0 Å². The third-order valence-electron chi connectivity index (χ3n) is 1.92. The lowest BCUT2D eigenvalue weighted by atomic mass is 10.3. The van der Waals surface area contributed by atoms with E-state index >= 15 is 0 Å². The highest BCUT2D eigenvalue weighted by Gasteiger charge is 2.24. The summed E-state index contributed by atoms with van der Waals surface area (Å²) in [5.41, 5.74) is 0.416. The Morgan fingerprint density at radius 2 is 2.00 bits per heavy atom. The quantitative estimate of drug-likeness (QED) is 0.444. The third-order valence-corrected chi connectivity index (χ3v) is 1.92. The maximum atomic E-state index is 10.9. The van der Waals surface area contributed by atoms with Crippen molar-refractivity contribution >= 4 is 11.5 Å². The minimum Gasteiger partial charge on any atom is -0.497 e. The van der Waals surface area contributed by atoms with Gasteiger partial charge in [-0.25, -0.2) is 0 Å². The smallest absolute Gasteiger partial charge is 0.378 e. The van der Waals surface area contributed by atoms with Crippen LogP contribution in [0.4, 0.5) is 5.69 Å². The number of benzene rings is 1. The molecule has 7 nitrogen and oxygen atoms in total. The maximum Gasteiger partial charge on any atom is 0.378 e. The van der Waals surface area contributed by atoms with Crippen LogP contribution >= 0.6 is 0 Å². The van der Waals surface area contributed by atoms with Crippen LogP contribution in [0.1, 0.15) is 6.92 Å². The molecule has 0 amide bonds. The molecule has 1 rings (SSSR count). The first-order chi connectivity index (χ1) is 8.04. The second kappa shape index (κ2) is 5.69. The van der Waals surface area contributed by atoms with Gasteiger partial charge in [0.15, 0.2) is 0 Å². The second-order valence-corrected chi connectivity index (χ2v) is 3.18. The van der Waals surface area contributed by atoms with Crippen LogP contribution < -0.4 is 4.74 Å². The summed E-state index contributed by atoms with van der Waals surface area (Å²) in [6, 6.07) is 6.45. The molecule has 0 fully saturated rings. The first-order valence-electron chi connectivity index (χ1n) is 4.73. The number of ether oxygens (including phenoxy) is 1. The van der Waals surface area contributed by atoms with E-state index in [1.54, 1.807) is 24.3 Å². The van der Waals surface area contributed by atoms with Crippen molar-refractivity contribution in [1.82, 2.24) is 0 Å². The van der Waals surface area contributed by atoms with Crippen molar-refractivity contribution in [3.63, 3.8) is 0 Å². The van der Waals surface area contributed by atoms with E-state index in [1.165, 1.54) is 7.11 Å². The molecule has 1 aromatic rings. The number of rotatable bonds is 5. The number of carbonyl (C=O) groups excluding carboxylic acids is 1. The molecule has 0 saturated carbocycles. The fourth-order valence-corrected chi connectivity index (χ4v) is 1.04. The SMILES string of the molecule is COc1ccc(N=NC(C(C)=O)[N+](=O)[O-])cc1. The zero-order chi connectivity index (χ0) is 12.8. The number of methoxy groups -OCH3 is 1. The Balaban J connectivity index is 2.81. The van der Waals surface area contributed by atoms with E-state index in [2.05, 4.69) is 10.2 Å². The fraction of sp³-hybridized carbons (Fsp3) is 0.300. The zero-order valence-corrected chi connectivity index (χ0v) is 9.36. The summed E-state index contributed by atoms with van der Waals surface area (Å²) in [5.74, 6) is -0.0198. The summed E-state index contributed by atoms with van der Waals surface area (Å²) < 4.78 is 4.94. The Morgan fingerprint density at radius 3 is 2.41 bits per heavy atom. The largest absolute Gasteiger partial charge is 0.497 e. The summed E-state index contributed by atoms with van der Waals surface area (Å²) in [6.07, 6.45) is -1.64. The monoisotopic (exact) mass is 237 g/mol. The van der Waals surface area contributed by atoms with Crippen molar-refractivity contribution in [2.24, 2.45) is 10.2 Å². The van der Waals surface area contributed by atoms with Gasteiger partial charge >= 0.3 is 6.17 Å². The van der Waals surface area contributed by atoms with Gasteiger partial charge in [-0.3, -0.25) is 14.9 Å². The standard InChI is InChI=1S/C10H11N3O4/c1-7(14)10(13(15)16)12-11-8-3-5-9(17-2)6-4-8/h3-6,10H,1-2H3. The van der Waals surface area contributed by atoms with Crippen LogP contribution in [0, 0.1) is 10.1 Å². The van der Waals surface area contributed by atoms with Crippen molar-refractivity contribution in [3.05, 3.63) is 34.4 Å². The number of ketones is 1. The molecule has 1 atom stereocenters. The molecule has 0 heterocycles. The molecular formula is C10H11N3O4. The van der Waals surface area contributed by atoms with Crippen LogP contribution in [0.25, 0.3) is 0 Å². The summed E-state index contributed by atoms with van der Waals surface area (Å²) in [5, 5.41) is 17.5. The van der Waals surface area contributed by atoms with Gasteiger partial charge in [0.05, 0.1) is 17.7 Å². The number of carbonyl (C=O) groups is 1. The van der Waals surface area contributed by atoms with Crippen molar-refractivity contribution in [3.8, 4) is 5.75 Å². The molecular weight excluding hydrogens is 226 g/mol. The molecule has 0 radical (unpaired) electrons. The third kappa shape index (κ3) is 3.63. The molecule has 0 bridgehead atoms. The molecule has 1 aromatic carbocycles. The van der Waals surface area contributed by atoms with Crippen LogP contribution in [0.15, 0.2) is 34.5 Å². The first kappa shape index (κ1) is 12.8. The lowest BCUT2D eigenvalue weighted by Gasteiger charge is -1.99.